The van der Waals surface area contributed by atoms with Gasteiger partial charge in [-0.2, -0.15) is 0 Å². The monoisotopic (exact) mass is 282 g/mol. The fourth-order valence-corrected chi connectivity index (χ4v) is 4.35. The van der Waals surface area contributed by atoms with Crippen LogP contribution in [0.15, 0.2) is 39.0 Å². The zero-order chi connectivity index (χ0) is 7.52. The van der Waals surface area contributed by atoms with E-state index in [1.165, 1.54) is 12.8 Å². The van der Waals surface area contributed by atoms with Gasteiger partial charge in [0.15, 0.2) is 0 Å². The van der Waals surface area contributed by atoms with Gasteiger partial charge >= 0.3 is 88.2 Å². The van der Waals surface area contributed by atoms with Crippen molar-refractivity contribution in [2.75, 3.05) is 0 Å². The van der Waals surface area contributed by atoms with Crippen molar-refractivity contribution in [3.8, 4) is 0 Å². The quantitative estimate of drug-likeness (QED) is 0.730. The summed E-state index contributed by atoms with van der Waals surface area (Å²) in [5.74, 6) is 0. The number of allylic oxidation sites excluding steroid dienone is 8. The Bertz CT molecular complexity index is 239. The molecule has 0 aromatic heterocycles. The Labute approximate surface area is 87.2 Å². The third-order valence-corrected chi connectivity index (χ3v) is 5.36. The molecule has 0 spiro atoms. The van der Waals surface area contributed by atoms with Crippen molar-refractivity contribution in [1.29, 1.82) is 0 Å². The van der Waals surface area contributed by atoms with Gasteiger partial charge in [0.2, 0.25) is 0 Å². The van der Waals surface area contributed by atoms with E-state index in [9.17, 15) is 0 Å². The molecule has 0 saturated carbocycles. The number of hydrogen-bond donors (Lipinski definition) is 0. The van der Waals surface area contributed by atoms with Crippen molar-refractivity contribution in [2.45, 2.75) is 12.8 Å². The summed E-state index contributed by atoms with van der Waals surface area (Å²) in [5.41, 5.74) is 0. The van der Waals surface area contributed by atoms with Gasteiger partial charge in [-0.15, -0.1) is 0 Å². The molecule has 0 unspecified atom stereocenters. The van der Waals surface area contributed by atoms with E-state index in [4.69, 9.17) is 0 Å². The standard InChI is InChI=1S/2C5H5.Sm/c2*1-2-4-5-3-1;/h2*1-3H,4H2;. The van der Waals surface area contributed by atoms with Crippen LogP contribution in [0.2, 0.25) is 0 Å². The fourth-order valence-electron chi connectivity index (χ4n) is 1.17. The predicted molar refractivity (Wildman–Crippen MR) is 43.7 cm³/mol. The Morgan fingerprint density at radius 2 is 1.45 bits per heavy atom. The van der Waals surface area contributed by atoms with Crippen LogP contribution in [0.3, 0.4) is 0 Å². The summed E-state index contributed by atoms with van der Waals surface area (Å²) in [4.78, 5) is 0. The Kier molecular flexibility index (Phi) is 2.74. The van der Waals surface area contributed by atoms with Gasteiger partial charge in [-0.1, -0.05) is 0 Å². The molecule has 0 radical (unpaired) electrons. The normalized spacial score (nSPS) is 20.7. The molecule has 0 saturated heterocycles. The zero-order valence-corrected chi connectivity index (χ0v) is 8.91. The van der Waals surface area contributed by atoms with Crippen LogP contribution in [0, 0.1) is 36.3 Å². The Morgan fingerprint density at radius 3 is 1.82 bits per heavy atom. The molecule has 0 N–H and O–H groups in total. The van der Waals surface area contributed by atoms with Crippen LogP contribution >= 0.6 is 0 Å². The second-order valence-corrected chi connectivity index (χ2v) is 6.65. The average Bonchev–Trinajstić information content (AvgIpc) is 2.60. The summed E-state index contributed by atoms with van der Waals surface area (Å²) in [7, 11) is 0. The summed E-state index contributed by atoms with van der Waals surface area (Å²) in [6.45, 7) is 0. The van der Waals surface area contributed by atoms with Crippen LogP contribution in [0.5, 0.6) is 0 Å². The summed E-state index contributed by atoms with van der Waals surface area (Å²) in [6, 6.07) is 0. The van der Waals surface area contributed by atoms with Gasteiger partial charge < -0.3 is 0 Å². The third-order valence-electron chi connectivity index (χ3n) is 1.74. The molecule has 0 atom stereocenters. The van der Waals surface area contributed by atoms with Crippen LogP contribution in [-0.4, -0.2) is 0 Å². The molecule has 0 amide bonds. The molecule has 0 heterocycles. The molecular formula is C10H10Sm. The van der Waals surface area contributed by atoms with Crippen LogP contribution in [-0.2, 0) is 0 Å². The molecule has 0 bridgehead atoms. The first kappa shape index (κ1) is 7.92. The molecule has 2 aliphatic rings. The third kappa shape index (κ3) is 2.12. The van der Waals surface area contributed by atoms with E-state index in [1.807, 2.05) is 0 Å². The second-order valence-electron chi connectivity index (χ2n) is 2.63. The zero-order valence-electron chi connectivity index (χ0n) is 6.29. The molecule has 2 rings (SSSR count). The molecule has 0 aromatic carbocycles. The molecular weight excluding hydrogens is 270 g/mol. The average molecular weight is 281 g/mol. The van der Waals surface area contributed by atoms with Gasteiger partial charge in [-0.25, -0.2) is 0 Å². The molecule has 11 heavy (non-hydrogen) atoms. The summed E-state index contributed by atoms with van der Waals surface area (Å²) in [6.07, 6.45) is 16.0. The topological polar surface area (TPSA) is 0 Å². The first-order chi connectivity index (χ1) is 5.45. The van der Waals surface area contributed by atoms with Gasteiger partial charge in [0.1, 0.15) is 0 Å². The molecule has 1 heteroatoms. The van der Waals surface area contributed by atoms with E-state index in [2.05, 4.69) is 36.5 Å². The van der Waals surface area contributed by atoms with Crippen LogP contribution in [0.4, 0.5) is 0 Å². The second kappa shape index (κ2) is 3.80. The number of rotatable bonds is 2. The SMILES string of the molecule is C1=CC[C]([Sm][C]2=CC=CC2)=C1. The first-order valence-corrected chi connectivity index (χ1v) is 6.46. The number of hydrogen-bond acceptors (Lipinski definition) is 0. The minimum atomic E-state index is -0.282. The van der Waals surface area contributed by atoms with E-state index in [-0.39, 0.29) is 36.3 Å². The fraction of sp³-hybridized carbons (Fsp3) is 0.200. The van der Waals surface area contributed by atoms with Crippen LogP contribution < -0.4 is 0 Å². The maximum atomic E-state index is 2.31. The van der Waals surface area contributed by atoms with Gasteiger partial charge in [-0.05, 0) is 0 Å². The van der Waals surface area contributed by atoms with E-state index in [0.717, 1.165) is 0 Å². The molecule has 0 fully saturated rings. The van der Waals surface area contributed by atoms with E-state index < -0.39 is 0 Å². The van der Waals surface area contributed by atoms with Gasteiger partial charge in [0.05, 0.1) is 0 Å². The summed E-state index contributed by atoms with van der Waals surface area (Å²) in [5, 5.41) is 0. The maximum absolute atomic E-state index is 2.31. The first-order valence-electron chi connectivity index (χ1n) is 3.84. The molecule has 0 nitrogen and oxygen atoms in total. The summed E-state index contributed by atoms with van der Waals surface area (Å²) >= 11 is -0.282. The van der Waals surface area contributed by atoms with Gasteiger partial charge in [-0.3, -0.25) is 0 Å². The van der Waals surface area contributed by atoms with Gasteiger partial charge in [0.25, 0.3) is 0 Å². The van der Waals surface area contributed by atoms with Crippen molar-refractivity contribution in [3.63, 3.8) is 0 Å². The van der Waals surface area contributed by atoms with E-state index in [0.29, 0.717) is 0 Å². The summed E-state index contributed by atoms with van der Waals surface area (Å²) < 4.78 is 3.44. The van der Waals surface area contributed by atoms with Gasteiger partial charge in [0, 0.05) is 0 Å². The van der Waals surface area contributed by atoms with E-state index in [1.54, 1.807) is 2.58 Å². The van der Waals surface area contributed by atoms with E-state index >= 15 is 0 Å². The van der Waals surface area contributed by atoms with Crippen molar-refractivity contribution in [2.24, 2.45) is 0 Å². The predicted octanol–water partition coefficient (Wildman–Crippen LogP) is 2.76. The Balaban J connectivity index is 1.91. The van der Waals surface area contributed by atoms with Crippen LogP contribution in [0.1, 0.15) is 12.8 Å². The minimum absolute atomic E-state index is 0.282. The van der Waals surface area contributed by atoms with Crippen LogP contribution in [0.25, 0.3) is 0 Å². The van der Waals surface area contributed by atoms with Crippen molar-refractivity contribution in [1.82, 2.24) is 0 Å². The Morgan fingerprint density at radius 1 is 0.909 bits per heavy atom. The molecule has 0 aliphatic heterocycles. The molecule has 0 aromatic rings. The van der Waals surface area contributed by atoms with Crippen molar-refractivity contribution >= 4 is 0 Å². The molecule has 56 valence electrons. The Hall–Kier alpha value is 0.298. The molecule has 2 aliphatic carbocycles. The van der Waals surface area contributed by atoms with Crippen molar-refractivity contribution in [3.05, 3.63) is 39.0 Å². The van der Waals surface area contributed by atoms with Crippen molar-refractivity contribution < 1.29 is 36.3 Å².